The van der Waals surface area contributed by atoms with Crippen molar-refractivity contribution in [1.82, 2.24) is 5.32 Å². The molecule has 1 aromatic rings. The fourth-order valence-corrected chi connectivity index (χ4v) is 2.70. The molecule has 0 saturated heterocycles. The van der Waals surface area contributed by atoms with Crippen molar-refractivity contribution in [3.05, 3.63) is 34.4 Å². The van der Waals surface area contributed by atoms with Crippen molar-refractivity contribution in [3.8, 4) is 0 Å². The van der Waals surface area contributed by atoms with Gasteiger partial charge in [-0.15, -0.1) is 0 Å². The van der Waals surface area contributed by atoms with Crippen LogP contribution in [0, 0.1) is 32.6 Å². The molecule has 2 heteroatoms. The van der Waals surface area contributed by atoms with E-state index in [9.17, 15) is 0 Å². The Kier molecular flexibility index (Phi) is 6.53. The van der Waals surface area contributed by atoms with E-state index in [0.29, 0.717) is 11.8 Å². The highest BCUT2D eigenvalue weighted by molar-refractivity contribution is 5.37. The maximum absolute atomic E-state index is 5.79. The third-order valence-electron chi connectivity index (χ3n) is 4.04. The van der Waals surface area contributed by atoms with Crippen molar-refractivity contribution in [2.24, 2.45) is 17.6 Å². The highest BCUT2D eigenvalue weighted by Crippen LogP contribution is 2.16. The summed E-state index contributed by atoms with van der Waals surface area (Å²) in [4.78, 5) is 0. The second-order valence-corrected chi connectivity index (χ2v) is 6.07. The lowest BCUT2D eigenvalue weighted by Crippen LogP contribution is -2.32. The zero-order chi connectivity index (χ0) is 14.4. The molecule has 1 atom stereocenters. The molecule has 0 spiro atoms. The number of aryl methyl sites for hydroxylation is 3. The number of rotatable bonds is 7. The van der Waals surface area contributed by atoms with E-state index in [4.69, 9.17) is 5.73 Å². The number of benzene rings is 1. The minimum atomic E-state index is 0.584. The Morgan fingerprint density at radius 1 is 1.11 bits per heavy atom. The van der Waals surface area contributed by atoms with Gasteiger partial charge in [0.1, 0.15) is 0 Å². The Hall–Kier alpha value is -0.860. The van der Waals surface area contributed by atoms with Crippen molar-refractivity contribution >= 4 is 0 Å². The fraction of sp³-hybridized carbons (Fsp3) is 0.647. The average Bonchev–Trinajstić information content (AvgIpc) is 2.31. The first-order valence-corrected chi connectivity index (χ1v) is 7.43. The van der Waals surface area contributed by atoms with E-state index in [1.807, 2.05) is 0 Å². The molecule has 3 N–H and O–H groups in total. The molecule has 19 heavy (non-hydrogen) atoms. The Balaban J connectivity index is 2.46. The summed E-state index contributed by atoms with van der Waals surface area (Å²) in [6, 6.07) is 4.55. The zero-order valence-electron chi connectivity index (χ0n) is 13.2. The summed E-state index contributed by atoms with van der Waals surface area (Å²) in [6.07, 6.45) is 1.10. The monoisotopic (exact) mass is 262 g/mol. The number of hydrogen-bond donors (Lipinski definition) is 2. The zero-order valence-corrected chi connectivity index (χ0v) is 13.2. The van der Waals surface area contributed by atoms with E-state index in [1.54, 1.807) is 0 Å². The second-order valence-electron chi connectivity index (χ2n) is 6.07. The Labute approximate surface area is 118 Å². The summed E-state index contributed by atoms with van der Waals surface area (Å²) in [7, 11) is 0. The maximum Gasteiger partial charge on any atom is -0.000588 e. The van der Waals surface area contributed by atoms with Crippen LogP contribution < -0.4 is 11.1 Å². The summed E-state index contributed by atoms with van der Waals surface area (Å²) < 4.78 is 0. The van der Waals surface area contributed by atoms with Crippen LogP contribution in [0.25, 0.3) is 0 Å². The first kappa shape index (κ1) is 16.2. The average molecular weight is 262 g/mol. The summed E-state index contributed by atoms with van der Waals surface area (Å²) in [5.41, 5.74) is 11.5. The molecule has 0 saturated carbocycles. The normalized spacial score (nSPS) is 13.0. The quantitative estimate of drug-likeness (QED) is 0.741. The molecule has 2 nitrogen and oxygen atoms in total. The van der Waals surface area contributed by atoms with Gasteiger partial charge in [0.25, 0.3) is 0 Å². The van der Waals surface area contributed by atoms with Gasteiger partial charge in [-0.2, -0.15) is 0 Å². The lowest BCUT2D eigenvalue weighted by molar-refractivity contribution is 0.372. The van der Waals surface area contributed by atoms with Crippen molar-refractivity contribution in [2.75, 3.05) is 19.6 Å². The van der Waals surface area contributed by atoms with Crippen LogP contribution in [0.4, 0.5) is 0 Å². The van der Waals surface area contributed by atoms with Crippen molar-refractivity contribution in [2.45, 2.75) is 41.0 Å². The minimum Gasteiger partial charge on any atom is -0.330 e. The summed E-state index contributed by atoms with van der Waals surface area (Å²) in [6.45, 7) is 13.9. The van der Waals surface area contributed by atoms with Gasteiger partial charge in [-0.1, -0.05) is 31.5 Å². The summed E-state index contributed by atoms with van der Waals surface area (Å²) >= 11 is 0. The SMILES string of the molecule is Cc1cc(C)c(CCNCC(CN)C(C)C)c(C)c1. The van der Waals surface area contributed by atoms with E-state index in [1.165, 1.54) is 22.3 Å². The van der Waals surface area contributed by atoms with E-state index in [2.05, 4.69) is 52.1 Å². The molecule has 0 heterocycles. The first-order valence-electron chi connectivity index (χ1n) is 7.43. The van der Waals surface area contributed by atoms with E-state index in [0.717, 1.165) is 26.1 Å². The van der Waals surface area contributed by atoms with Crippen LogP contribution in [0.1, 0.15) is 36.1 Å². The van der Waals surface area contributed by atoms with Crippen molar-refractivity contribution in [1.29, 1.82) is 0 Å². The topological polar surface area (TPSA) is 38.0 Å². The predicted octanol–water partition coefficient (Wildman–Crippen LogP) is 2.97. The van der Waals surface area contributed by atoms with Crippen molar-refractivity contribution < 1.29 is 0 Å². The largest absolute Gasteiger partial charge is 0.330 e. The van der Waals surface area contributed by atoms with E-state index >= 15 is 0 Å². The molecular formula is C17H30N2. The third-order valence-corrected chi connectivity index (χ3v) is 4.04. The van der Waals surface area contributed by atoms with E-state index < -0.39 is 0 Å². The maximum atomic E-state index is 5.79. The van der Waals surface area contributed by atoms with Crippen LogP contribution in [-0.2, 0) is 6.42 Å². The van der Waals surface area contributed by atoms with Gasteiger partial charge in [0.2, 0.25) is 0 Å². The molecular weight excluding hydrogens is 232 g/mol. The van der Waals surface area contributed by atoms with Crippen LogP contribution in [-0.4, -0.2) is 19.6 Å². The first-order chi connectivity index (χ1) is 8.95. The van der Waals surface area contributed by atoms with Gasteiger partial charge in [-0.05, 0) is 75.4 Å². The highest BCUT2D eigenvalue weighted by Gasteiger charge is 2.10. The highest BCUT2D eigenvalue weighted by atomic mass is 14.9. The fourth-order valence-electron chi connectivity index (χ4n) is 2.70. The molecule has 0 radical (unpaired) electrons. The standard InChI is InChI=1S/C17H30N2/c1-12(2)16(10-18)11-19-7-6-17-14(4)8-13(3)9-15(17)5/h8-9,12,16,19H,6-7,10-11,18H2,1-5H3. The molecule has 0 aliphatic heterocycles. The van der Waals surface area contributed by atoms with Gasteiger partial charge < -0.3 is 11.1 Å². The van der Waals surface area contributed by atoms with Gasteiger partial charge in [-0.3, -0.25) is 0 Å². The molecule has 0 aromatic heterocycles. The molecule has 1 unspecified atom stereocenters. The molecule has 0 bridgehead atoms. The summed E-state index contributed by atoms with van der Waals surface area (Å²) in [5, 5.41) is 3.56. The molecule has 1 aromatic carbocycles. The minimum absolute atomic E-state index is 0.584. The number of nitrogens with one attached hydrogen (secondary N) is 1. The smallest absolute Gasteiger partial charge is 0.000588 e. The Morgan fingerprint density at radius 3 is 2.16 bits per heavy atom. The molecule has 1 rings (SSSR count). The van der Waals surface area contributed by atoms with Gasteiger partial charge in [0, 0.05) is 0 Å². The van der Waals surface area contributed by atoms with E-state index in [-0.39, 0.29) is 0 Å². The lowest BCUT2D eigenvalue weighted by atomic mass is 9.95. The molecule has 108 valence electrons. The third kappa shape index (κ3) is 4.96. The molecule has 0 aliphatic carbocycles. The van der Waals surface area contributed by atoms with Crippen LogP contribution in [0.5, 0.6) is 0 Å². The van der Waals surface area contributed by atoms with Crippen LogP contribution in [0.3, 0.4) is 0 Å². The van der Waals surface area contributed by atoms with Crippen LogP contribution in [0.2, 0.25) is 0 Å². The van der Waals surface area contributed by atoms with Gasteiger partial charge >= 0.3 is 0 Å². The number of hydrogen-bond acceptors (Lipinski definition) is 2. The predicted molar refractivity (Wildman–Crippen MR) is 84.6 cm³/mol. The Bertz CT molecular complexity index is 373. The Morgan fingerprint density at radius 2 is 1.68 bits per heavy atom. The summed E-state index contributed by atoms with van der Waals surface area (Å²) in [5.74, 6) is 1.24. The van der Waals surface area contributed by atoms with Crippen LogP contribution in [0.15, 0.2) is 12.1 Å². The van der Waals surface area contributed by atoms with Gasteiger partial charge in [-0.25, -0.2) is 0 Å². The molecule has 0 aliphatic rings. The molecule has 0 fully saturated rings. The van der Waals surface area contributed by atoms with Crippen LogP contribution >= 0.6 is 0 Å². The van der Waals surface area contributed by atoms with Gasteiger partial charge in [0.05, 0.1) is 0 Å². The van der Waals surface area contributed by atoms with Gasteiger partial charge in [0.15, 0.2) is 0 Å². The lowest BCUT2D eigenvalue weighted by Gasteiger charge is -2.19. The van der Waals surface area contributed by atoms with Crippen molar-refractivity contribution in [3.63, 3.8) is 0 Å². The molecule has 0 amide bonds. The number of nitrogens with two attached hydrogens (primary N) is 1. The second kappa shape index (κ2) is 7.66.